The van der Waals surface area contributed by atoms with Crippen LogP contribution in [0.5, 0.6) is 0 Å². The van der Waals surface area contributed by atoms with Crippen molar-refractivity contribution in [1.82, 2.24) is 15.1 Å². The molecule has 1 saturated heterocycles. The number of rotatable bonds is 3. The van der Waals surface area contributed by atoms with E-state index < -0.39 is 4.92 Å². The van der Waals surface area contributed by atoms with E-state index in [-0.39, 0.29) is 18.1 Å². The van der Waals surface area contributed by atoms with Crippen molar-refractivity contribution < 1.29 is 4.92 Å². The topological polar surface area (TPSA) is 73.0 Å². The highest BCUT2D eigenvalue weighted by Crippen LogP contribution is 2.14. The van der Waals surface area contributed by atoms with Crippen molar-refractivity contribution in [3.63, 3.8) is 0 Å². The Kier molecular flexibility index (Phi) is 4.70. The minimum absolute atomic E-state index is 0. The van der Waals surface area contributed by atoms with E-state index in [9.17, 15) is 10.1 Å². The van der Waals surface area contributed by atoms with Gasteiger partial charge in [-0.3, -0.25) is 14.8 Å². The quantitative estimate of drug-likeness (QED) is 0.643. The lowest BCUT2D eigenvalue weighted by Crippen LogP contribution is -2.32. The number of hydrogen-bond donors (Lipinski definition) is 1. The predicted octanol–water partition coefficient (Wildman–Crippen LogP) is 1.21. The van der Waals surface area contributed by atoms with Gasteiger partial charge in [-0.25, -0.2) is 0 Å². The molecule has 16 heavy (non-hydrogen) atoms. The van der Waals surface area contributed by atoms with Gasteiger partial charge in [-0.1, -0.05) is 0 Å². The van der Waals surface area contributed by atoms with Crippen LogP contribution in [0.4, 0.5) is 5.69 Å². The Hall–Kier alpha value is -1.14. The average Bonchev–Trinajstić information content (AvgIpc) is 2.68. The molecule has 1 atom stereocenters. The van der Waals surface area contributed by atoms with Gasteiger partial charge in [-0.15, -0.1) is 12.4 Å². The standard InChI is InChI=1S/C9H14N4O2.ClH/c14-13(15)9-5-11-12(7-9)6-8-2-1-3-10-4-8;/h5,7-8,10H,1-4,6H2;1H. The van der Waals surface area contributed by atoms with Gasteiger partial charge in [0.2, 0.25) is 0 Å². The molecule has 7 heteroatoms. The smallest absolute Gasteiger partial charge is 0.306 e. The molecule has 0 amide bonds. The fourth-order valence-corrected chi connectivity index (χ4v) is 1.89. The maximum atomic E-state index is 10.4. The Balaban J connectivity index is 0.00000128. The highest BCUT2D eigenvalue weighted by atomic mass is 35.5. The van der Waals surface area contributed by atoms with E-state index >= 15 is 0 Å². The molecule has 0 radical (unpaired) electrons. The molecule has 1 aromatic rings. The van der Waals surface area contributed by atoms with E-state index in [1.807, 2.05) is 0 Å². The van der Waals surface area contributed by atoms with E-state index in [1.165, 1.54) is 25.2 Å². The Morgan fingerprint density at radius 2 is 2.50 bits per heavy atom. The second kappa shape index (κ2) is 5.81. The zero-order valence-corrected chi connectivity index (χ0v) is 9.65. The fourth-order valence-electron chi connectivity index (χ4n) is 1.89. The third-order valence-electron chi connectivity index (χ3n) is 2.67. The summed E-state index contributed by atoms with van der Waals surface area (Å²) in [5, 5.41) is 17.7. The van der Waals surface area contributed by atoms with Crippen LogP contribution in [0.1, 0.15) is 12.8 Å². The maximum absolute atomic E-state index is 10.4. The molecule has 0 spiro atoms. The first kappa shape index (κ1) is 12.9. The van der Waals surface area contributed by atoms with Crippen LogP contribution in [0.25, 0.3) is 0 Å². The highest BCUT2D eigenvalue weighted by molar-refractivity contribution is 5.85. The summed E-state index contributed by atoms with van der Waals surface area (Å²) in [5.41, 5.74) is 0.0683. The van der Waals surface area contributed by atoms with Gasteiger partial charge in [0.25, 0.3) is 0 Å². The maximum Gasteiger partial charge on any atom is 0.306 e. The van der Waals surface area contributed by atoms with E-state index in [0.29, 0.717) is 5.92 Å². The van der Waals surface area contributed by atoms with E-state index in [2.05, 4.69) is 10.4 Å². The fraction of sp³-hybridized carbons (Fsp3) is 0.667. The molecular weight excluding hydrogens is 232 g/mol. The van der Waals surface area contributed by atoms with Crippen molar-refractivity contribution in [2.24, 2.45) is 5.92 Å². The zero-order valence-electron chi connectivity index (χ0n) is 8.83. The minimum atomic E-state index is -0.414. The van der Waals surface area contributed by atoms with Gasteiger partial charge >= 0.3 is 5.69 Å². The van der Waals surface area contributed by atoms with Crippen LogP contribution >= 0.6 is 12.4 Å². The molecule has 1 aromatic heterocycles. The summed E-state index contributed by atoms with van der Waals surface area (Å²) in [7, 11) is 0. The summed E-state index contributed by atoms with van der Waals surface area (Å²) in [4.78, 5) is 10.0. The number of nitrogens with zero attached hydrogens (tertiary/aromatic N) is 3. The summed E-state index contributed by atoms with van der Waals surface area (Å²) in [6.07, 6.45) is 5.14. The molecule has 0 aromatic carbocycles. The van der Waals surface area contributed by atoms with E-state index in [1.54, 1.807) is 4.68 Å². The van der Waals surface area contributed by atoms with Gasteiger partial charge in [0.1, 0.15) is 12.4 Å². The minimum Gasteiger partial charge on any atom is -0.316 e. The Bertz CT molecular complexity index is 349. The lowest BCUT2D eigenvalue weighted by molar-refractivity contribution is -0.385. The molecule has 1 N–H and O–H groups in total. The second-order valence-corrected chi connectivity index (χ2v) is 3.89. The first-order valence-electron chi connectivity index (χ1n) is 5.13. The Morgan fingerprint density at radius 3 is 3.06 bits per heavy atom. The first-order valence-corrected chi connectivity index (χ1v) is 5.13. The third-order valence-corrected chi connectivity index (χ3v) is 2.67. The van der Waals surface area contributed by atoms with Crippen molar-refractivity contribution in [2.45, 2.75) is 19.4 Å². The van der Waals surface area contributed by atoms with Crippen molar-refractivity contribution in [1.29, 1.82) is 0 Å². The van der Waals surface area contributed by atoms with E-state index in [4.69, 9.17) is 0 Å². The molecule has 2 heterocycles. The molecule has 1 fully saturated rings. The van der Waals surface area contributed by atoms with Gasteiger partial charge in [0.15, 0.2) is 0 Å². The van der Waals surface area contributed by atoms with Crippen LogP contribution in [0, 0.1) is 16.0 Å². The largest absolute Gasteiger partial charge is 0.316 e. The van der Waals surface area contributed by atoms with Gasteiger partial charge in [-0.05, 0) is 31.8 Å². The number of aromatic nitrogens is 2. The highest BCUT2D eigenvalue weighted by Gasteiger charge is 2.15. The third kappa shape index (κ3) is 3.18. The molecule has 0 bridgehead atoms. The van der Waals surface area contributed by atoms with Crippen molar-refractivity contribution in [3.05, 3.63) is 22.5 Å². The SMILES string of the molecule is Cl.O=[N+]([O-])c1cnn(CC2CCCNC2)c1. The Morgan fingerprint density at radius 1 is 1.69 bits per heavy atom. The number of nitrogens with one attached hydrogen (secondary N) is 1. The monoisotopic (exact) mass is 246 g/mol. The molecule has 1 unspecified atom stereocenters. The summed E-state index contributed by atoms with van der Waals surface area (Å²) in [6, 6.07) is 0. The molecule has 2 rings (SSSR count). The molecular formula is C9H15ClN4O2. The van der Waals surface area contributed by atoms with Crippen molar-refractivity contribution in [3.8, 4) is 0 Å². The zero-order chi connectivity index (χ0) is 10.7. The predicted molar refractivity (Wildman–Crippen MR) is 61.7 cm³/mol. The van der Waals surface area contributed by atoms with Gasteiger partial charge in [0, 0.05) is 6.54 Å². The Labute approximate surface area is 99.6 Å². The van der Waals surface area contributed by atoms with Crippen molar-refractivity contribution in [2.75, 3.05) is 13.1 Å². The summed E-state index contributed by atoms with van der Waals surface area (Å²) >= 11 is 0. The van der Waals surface area contributed by atoms with Crippen LogP contribution < -0.4 is 5.32 Å². The molecule has 1 aliphatic heterocycles. The second-order valence-electron chi connectivity index (χ2n) is 3.89. The number of nitro groups is 1. The van der Waals surface area contributed by atoms with Crippen LogP contribution in [0.2, 0.25) is 0 Å². The molecule has 6 nitrogen and oxygen atoms in total. The summed E-state index contributed by atoms with van der Waals surface area (Å²) in [5.74, 6) is 0.540. The lowest BCUT2D eigenvalue weighted by atomic mass is 10.00. The van der Waals surface area contributed by atoms with Gasteiger partial charge in [0.05, 0.1) is 4.92 Å². The van der Waals surface area contributed by atoms with Crippen molar-refractivity contribution >= 4 is 18.1 Å². The molecule has 90 valence electrons. The molecule has 0 aliphatic carbocycles. The van der Waals surface area contributed by atoms with Crippen LogP contribution in [-0.2, 0) is 6.54 Å². The number of hydrogen-bond acceptors (Lipinski definition) is 4. The van der Waals surface area contributed by atoms with Crippen LogP contribution in [-0.4, -0.2) is 27.8 Å². The number of piperidine rings is 1. The van der Waals surface area contributed by atoms with Crippen LogP contribution in [0.3, 0.4) is 0 Å². The normalized spacial score (nSPS) is 20.1. The lowest BCUT2D eigenvalue weighted by Gasteiger charge is -2.22. The summed E-state index contributed by atoms with van der Waals surface area (Å²) < 4.78 is 1.66. The first-order chi connectivity index (χ1) is 7.25. The van der Waals surface area contributed by atoms with Gasteiger partial charge < -0.3 is 5.32 Å². The summed E-state index contributed by atoms with van der Waals surface area (Å²) in [6.45, 7) is 2.82. The average molecular weight is 247 g/mol. The molecule has 0 saturated carbocycles. The van der Waals surface area contributed by atoms with E-state index in [0.717, 1.165) is 19.6 Å². The number of halogens is 1. The molecule has 1 aliphatic rings. The van der Waals surface area contributed by atoms with Crippen LogP contribution in [0.15, 0.2) is 12.4 Å². The van der Waals surface area contributed by atoms with Gasteiger partial charge in [-0.2, -0.15) is 5.10 Å².